The predicted molar refractivity (Wildman–Crippen MR) is 163 cm³/mol. The maximum Gasteiger partial charge on any atom is 0.353 e. The van der Waals surface area contributed by atoms with Crippen molar-refractivity contribution >= 4 is 102 Å². The lowest BCUT2D eigenvalue weighted by molar-refractivity contribution is -0.385. The summed E-state index contributed by atoms with van der Waals surface area (Å²) in [5, 5.41) is 35.7. The first kappa shape index (κ1) is 43.2. The minimum Gasteiger partial charge on any atom is -0.273 e. The molecule has 3 aromatic rings. The highest BCUT2D eigenvalue weighted by atomic mass is 35.7. The Labute approximate surface area is 273 Å². The lowest BCUT2D eigenvalue weighted by Gasteiger charge is -2.00. The average molecular weight is 783 g/mol. The van der Waals surface area contributed by atoms with Gasteiger partial charge in [0.05, 0.1) is 24.8 Å². The summed E-state index contributed by atoms with van der Waals surface area (Å²) in [6.45, 7) is 0. The SMILES string of the molecule is C.NS(=O)(=O)c1cc([N+](=O)[O-])ccc1Cl.O=S(=O)(O)Cl.O=[N+]([O-])c1ccc(Cl)c(S(=O)(=O)Cl)c1.O=[N+]([O-])c1ccc(Cl)cc1. The number of nitrogens with zero attached hydrogens (tertiary/aromatic N) is 3. The molecule has 3 N–H and O–H groups in total. The van der Waals surface area contributed by atoms with Crippen molar-refractivity contribution in [2.75, 3.05) is 0 Å². The van der Waals surface area contributed by atoms with E-state index in [0.29, 0.717) is 5.02 Å². The van der Waals surface area contributed by atoms with Gasteiger partial charge in [-0.2, -0.15) is 8.42 Å². The Morgan fingerprint density at radius 1 is 0.614 bits per heavy atom. The maximum atomic E-state index is 10.9. The van der Waals surface area contributed by atoms with Crippen molar-refractivity contribution in [2.45, 2.75) is 17.2 Å². The predicted octanol–water partition coefficient (Wildman–Crippen LogP) is 5.98. The Kier molecular flexibility index (Phi) is 17.8. The number of benzene rings is 3. The van der Waals surface area contributed by atoms with Gasteiger partial charge in [0.2, 0.25) is 10.0 Å². The van der Waals surface area contributed by atoms with Gasteiger partial charge in [0.25, 0.3) is 26.1 Å². The lowest BCUT2D eigenvalue weighted by atomic mass is 10.3. The molecule has 0 unspecified atom stereocenters. The van der Waals surface area contributed by atoms with E-state index in [1.54, 1.807) is 0 Å². The molecular weight excluding hydrogens is 766 g/mol. The van der Waals surface area contributed by atoms with Crippen LogP contribution >= 0.6 is 56.2 Å². The molecule has 0 amide bonds. The van der Waals surface area contributed by atoms with E-state index in [1.807, 2.05) is 0 Å². The lowest BCUT2D eigenvalue weighted by Crippen LogP contribution is -2.12. The Morgan fingerprint density at radius 3 is 1.20 bits per heavy atom. The molecule has 0 aliphatic heterocycles. The molecule has 0 aliphatic rings. The van der Waals surface area contributed by atoms with Crippen molar-refractivity contribution in [2.24, 2.45) is 5.14 Å². The largest absolute Gasteiger partial charge is 0.353 e. The number of rotatable bonds is 5. The second-order valence-electron chi connectivity index (χ2n) is 6.87. The van der Waals surface area contributed by atoms with E-state index in [1.165, 1.54) is 24.3 Å². The Balaban J connectivity index is 0. The summed E-state index contributed by atoms with van der Waals surface area (Å²) in [5.74, 6) is 0. The molecule has 244 valence electrons. The van der Waals surface area contributed by atoms with E-state index in [0.717, 1.165) is 36.4 Å². The summed E-state index contributed by atoms with van der Waals surface area (Å²) < 4.78 is 68.7. The van der Waals surface area contributed by atoms with Gasteiger partial charge in [0, 0.05) is 62.8 Å². The maximum absolute atomic E-state index is 10.9. The molecule has 0 bridgehead atoms. The number of halogens is 5. The van der Waals surface area contributed by atoms with Crippen molar-refractivity contribution in [3.63, 3.8) is 0 Å². The summed E-state index contributed by atoms with van der Waals surface area (Å²) in [7, 11) is -3.21. The Hall–Kier alpha value is -2.92. The van der Waals surface area contributed by atoms with Gasteiger partial charge in [-0.05, 0) is 24.3 Å². The summed E-state index contributed by atoms with van der Waals surface area (Å²) in [6, 6.07) is 11.7. The van der Waals surface area contributed by atoms with Gasteiger partial charge in [0.1, 0.15) is 9.79 Å². The van der Waals surface area contributed by atoms with Crippen molar-refractivity contribution in [3.8, 4) is 0 Å². The molecule has 0 radical (unpaired) electrons. The molecule has 0 saturated carbocycles. The van der Waals surface area contributed by atoms with E-state index in [2.05, 4.69) is 10.7 Å². The fourth-order valence-corrected chi connectivity index (χ4v) is 4.86. The fraction of sp³-hybridized carbons (Fsp3) is 0.0526. The molecular formula is C19H17Cl5N4O13S3. The van der Waals surface area contributed by atoms with Crippen LogP contribution in [0.5, 0.6) is 0 Å². The van der Waals surface area contributed by atoms with Crippen LogP contribution in [0.15, 0.2) is 70.5 Å². The van der Waals surface area contributed by atoms with Crippen LogP contribution in [0.3, 0.4) is 0 Å². The molecule has 3 aromatic carbocycles. The summed E-state index contributed by atoms with van der Waals surface area (Å²) in [4.78, 5) is 27.9. The van der Waals surface area contributed by atoms with Crippen LogP contribution in [-0.2, 0) is 28.4 Å². The third-order valence-electron chi connectivity index (χ3n) is 3.86. The van der Waals surface area contributed by atoms with Gasteiger partial charge >= 0.3 is 9.33 Å². The highest BCUT2D eigenvalue weighted by Gasteiger charge is 2.19. The monoisotopic (exact) mass is 780 g/mol. The number of hydrogen-bond acceptors (Lipinski definition) is 12. The van der Waals surface area contributed by atoms with E-state index in [9.17, 15) is 47.2 Å². The van der Waals surface area contributed by atoms with E-state index >= 15 is 0 Å². The topological polar surface area (TPSA) is 278 Å². The zero-order valence-electron chi connectivity index (χ0n) is 20.2. The van der Waals surface area contributed by atoms with E-state index in [-0.39, 0.29) is 34.5 Å². The van der Waals surface area contributed by atoms with Crippen LogP contribution in [-0.4, -0.2) is 44.6 Å². The molecule has 0 heterocycles. The molecule has 0 aliphatic carbocycles. The molecule has 3 rings (SSSR count). The van der Waals surface area contributed by atoms with Crippen LogP contribution in [0.4, 0.5) is 17.1 Å². The zero-order valence-corrected chi connectivity index (χ0v) is 26.4. The molecule has 0 saturated heterocycles. The number of primary sulfonamides is 1. The highest BCUT2D eigenvalue weighted by molar-refractivity contribution is 8.13. The fourth-order valence-electron chi connectivity index (χ4n) is 2.18. The molecule has 0 atom stereocenters. The highest BCUT2D eigenvalue weighted by Crippen LogP contribution is 2.28. The molecule has 25 heteroatoms. The molecule has 0 spiro atoms. The zero-order chi connectivity index (χ0) is 33.9. The smallest absolute Gasteiger partial charge is 0.273 e. The first-order valence-electron chi connectivity index (χ1n) is 9.77. The van der Waals surface area contributed by atoms with Gasteiger partial charge in [-0.15, -0.1) is 0 Å². The van der Waals surface area contributed by atoms with Crippen LogP contribution in [0.25, 0.3) is 0 Å². The number of non-ortho nitro benzene ring substituents is 3. The molecule has 44 heavy (non-hydrogen) atoms. The quantitative estimate of drug-likeness (QED) is 0.130. The van der Waals surface area contributed by atoms with E-state index < -0.39 is 53.0 Å². The van der Waals surface area contributed by atoms with Gasteiger partial charge in [0.15, 0.2) is 0 Å². The first-order chi connectivity index (χ1) is 19.3. The van der Waals surface area contributed by atoms with Gasteiger partial charge in [-0.25, -0.2) is 22.0 Å². The molecule has 17 nitrogen and oxygen atoms in total. The normalized spacial score (nSPS) is 10.6. The number of nitro groups is 3. The summed E-state index contributed by atoms with van der Waals surface area (Å²) in [5.41, 5.74) is -0.698. The molecule has 0 aromatic heterocycles. The summed E-state index contributed by atoms with van der Waals surface area (Å²) >= 11 is 16.5. The second-order valence-corrected chi connectivity index (χ2v) is 14.2. The Morgan fingerprint density at radius 2 is 0.909 bits per heavy atom. The standard InChI is InChI=1S/C6H3Cl2NO4S.C6H5ClN2O4S.C6H4ClNO2.CH4.ClHO3S/c2*7-5-2-1-4(9(10)11)3-6(5)14(8,12)13;7-5-1-3-6(4-2-5)8(9)10;;1-5(2,3)4/h1-3H;1-3H,(H2,8,12,13);1-4H;1H4;(H,2,3,4). The third-order valence-corrected chi connectivity index (χ3v) is 7.31. The van der Waals surface area contributed by atoms with Crippen molar-refractivity contribution in [1.82, 2.24) is 0 Å². The summed E-state index contributed by atoms with van der Waals surface area (Å²) in [6.07, 6.45) is 0. The minimum atomic E-state index is -4.19. The number of nitro benzene ring substituents is 3. The first-order valence-corrected chi connectivity index (χ1v) is 17.0. The number of sulfonamides is 1. The number of hydrogen-bond donors (Lipinski definition) is 2. The number of nitrogens with two attached hydrogens (primary N) is 1. The van der Waals surface area contributed by atoms with Crippen molar-refractivity contribution in [3.05, 3.63) is 106 Å². The van der Waals surface area contributed by atoms with Gasteiger partial charge in [-0.3, -0.25) is 34.9 Å². The second kappa shape index (κ2) is 18.1. The van der Waals surface area contributed by atoms with Gasteiger partial charge < -0.3 is 0 Å². The van der Waals surface area contributed by atoms with Crippen molar-refractivity contribution < 1.29 is 44.6 Å². The minimum absolute atomic E-state index is 0. The van der Waals surface area contributed by atoms with E-state index in [4.69, 9.17) is 63.6 Å². The molecule has 0 fully saturated rings. The van der Waals surface area contributed by atoms with Crippen LogP contribution in [0.1, 0.15) is 7.43 Å². The average Bonchev–Trinajstić information content (AvgIpc) is 2.83. The third kappa shape index (κ3) is 17.4. The van der Waals surface area contributed by atoms with Crippen LogP contribution in [0, 0.1) is 30.3 Å². The van der Waals surface area contributed by atoms with Crippen molar-refractivity contribution in [1.29, 1.82) is 0 Å². The Bertz CT molecular complexity index is 1730. The van der Waals surface area contributed by atoms with Gasteiger partial charge in [-0.1, -0.05) is 42.2 Å². The van der Waals surface area contributed by atoms with Crippen LogP contribution < -0.4 is 5.14 Å². The van der Waals surface area contributed by atoms with Crippen LogP contribution in [0.2, 0.25) is 15.1 Å².